The van der Waals surface area contributed by atoms with Gasteiger partial charge in [0.25, 0.3) is 0 Å². The van der Waals surface area contributed by atoms with Gasteiger partial charge in [-0.15, -0.1) is 34.5 Å². The summed E-state index contributed by atoms with van der Waals surface area (Å²) in [5, 5.41) is 2.62. The summed E-state index contributed by atoms with van der Waals surface area (Å²) >= 11 is 6.02. The fraction of sp³-hybridized carbons (Fsp3) is 0.167. The van der Waals surface area contributed by atoms with E-state index in [9.17, 15) is 51.8 Å². The van der Waals surface area contributed by atoms with Gasteiger partial charge in [0.2, 0.25) is 0 Å². The Bertz CT molecular complexity index is 699. The van der Waals surface area contributed by atoms with Gasteiger partial charge in [-0.05, 0) is 5.02 Å². The van der Waals surface area contributed by atoms with Crippen molar-refractivity contribution in [2.45, 2.75) is 0 Å². The maximum Gasteiger partial charge on any atom is 1.00 e. The SMILES string of the molecule is COCOc1c[c-]c2c(Cl)cccc2c1.F[B-](F)(F)F.F[B-](F)(F)F.F[B-](F)(F)F.[K+]. The molecule has 0 saturated carbocycles. The predicted molar refractivity (Wildman–Crippen MR) is 90.9 cm³/mol. The van der Waals surface area contributed by atoms with Crippen LogP contribution in [-0.2, 0) is 4.74 Å². The summed E-state index contributed by atoms with van der Waals surface area (Å²) in [6, 6.07) is 12.5. The molecule has 0 heterocycles. The van der Waals surface area contributed by atoms with Crippen LogP contribution in [0.25, 0.3) is 10.8 Å². The van der Waals surface area contributed by atoms with E-state index in [1.807, 2.05) is 24.3 Å². The number of methoxy groups -OCH3 is 1. The molecule has 0 aliphatic rings. The molecule has 2 aromatic carbocycles. The van der Waals surface area contributed by atoms with E-state index in [0.717, 1.165) is 16.5 Å². The number of hydrogen-bond acceptors (Lipinski definition) is 2. The molecule has 0 aliphatic heterocycles. The van der Waals surface area contributed by atoms with Gasteiger partial charge >= 0.3 is 73.1 Å². The molecule has 2 aromatic rings. The smallest absolute Gasteiger partial charge is 0.513 e. The van der Waals surface area contributed by atoms with Crippen LogP contribution in [0.2, 0.25) is 5.02 Å². The van der Waals surface area contributed by atoms with Gasteiger partial charge in [0.05, 0.1) is 0 Å². The average molecular weight is 521 g/mol. The second kappa shape index (κ2) is 16.4. The Morgan fingerprint density at radius 3 is 1.65 bits per heavy atom. The van der Waals surface area contributed by atoms with Crippen molar-refractivity contribution < 1.29 is 113 Å². The molecule has 0 unspecified atom stereocenters. The molecular formula is C12H10B3ClF12KO2-3. The molecule has 0 radical (unpaired) electrons. The largest absolute Gasteiger partial charge is 1.00 e. The summed E-state index contributed by atoms with van der Waals surface area (Å²) in [7, 11) is -16.4. The molecule has 0 atom stereocenters. The van der Waals surface area contributed by atoms with Crippen LogP contribution in [-0.4, -0.2) is 35.7 Å². The Morgan fingerprint density at radius 1 is 0.839 bits per heavy atom. The monoisotopic (exact) mass is 521 g/mol. The van der Waals surface area contributed by atoms with Gasteiger partial charge in [-0.25, -0.2) is 0 Å². The Morgan fingerprint density at radius 2 is 1.26 bits per heavy atom. The molecular weight excluding hydrogens is 511 g/mol. The average Bonchev–Trinajstić information content (AvgIpc) is 2.48. The van der Waals surface area contributed by atoms with Crippen molar-refractivity contribution >= 4 is 44.1 Å². The number of rotatable bonds is 3. The first-order chi connectivity index (χ1) is 13.3. The predicted octanol–water partition coefficient (Wildman–Crippen LogP) is 4.18. The van der Waals surface area contributed by atoms with Gasteiger partial charge in [0, 0.05) is 12.9 Å². The van der Waals surface area contributed by atoms with Gasteiger partial charge in [-0.1, -0.05) is 24.3 Å². The van der Waals surface area contributed by atoms with Crippen LogP contribution in [0.1, 0.15) is 0 Å². The Labute approximate surface area is 216 Å². The van der Waals surface area contributed by atoms with Crippen LogP contribution in [0.4, 0.5) is 51.8 Å². The zero-order valence-electron chi connectivity index (χ0n) is 15.6. The quantitative estimate of drug-likeness (QED) is 0.262. The summed E-state index contributed by atoms with van der Waals surface area (Å²) in [6.07, 6.45) is 0. The number of ether oxygens (including phenoxy) is 2. The molecule has 0 aliphatic carbocycles. The van der Waals surface area contributed by atoms with Gasteiger partial charge in [-0.3, -0.25) is 0 Å². The number of halogens is 13. The molecule has 2 nitrogen and oxygen atoms in total. The zero-order chi connectivity index (χ0) is 24.2. The third kappa shape index (κ3) is 32.0. The van der Waals surface area contributed by atoms with E-state index in [1.54, 1.807) is 13.2 Å². The first-order valence-electron chi connectivity index (χ1n) is 7.15. The fourth-order valence-corrected chi connectivity index (χ4v) is 1.60. The Kier molecular flexibility index (Phi) is 18.7. The van der Waals surface area contributed by atoms with Crippen molar-refractivity contribution in [1.82, 2.24) is 0 Å². The molecule has 0 fully saturated rings. The van der Waals surface area contributed by atoms with Crippen molar-refractivity contribution in [2.75, 3.05) is 13.9 Å². The van der Waals surface area contributed by atoms with Crippen LogP contribution in [0.3, 0.4) is 0 Å². The molecule has 0 spiro atoms. The molecule has 2 rings (SSSR count). The maximum atomic E-state index is 9.75. The minimum atomic E-state index is -6.00. The minimum Gasteiger partial charge on any atom is -0.513 e. The van der Waals surface area contributed by atoms with Gasteiger partial charge in [-0.2, -0.15) is 0 Å². The molecule has 0 aromatic heterocycles. The van der Waals surface area contributed by atoms with Crippen LogP contribution in [0, 0.1) is 6.07 Å². The van der Waals surface area contributed by atoms with Crippen molar-refractivity contribution in [3.63, 3.8) is 0 Å². The summed E-state index contributed by atoms with van der Waals surface area (Å²) in [5.74, 6) is 0.728. The standard InChI is InChI=1S/C12H10ClO2.3BF4.K/c1-14-8-15-10-5-6-11-9(7-10)3-2-4-12(11)13;3*2-1(3,4)5;/h2-5,7H,8H2,1H3;;;;/q4*-1;+1. The normalized spacial score (nSPS) is 10.9. The fourth-order valence-electron chi connectivity index (χ4n) is 1.36. The van der Waals surface area contributed by atoms with E-state index < -0.39 is 21.8 Å². The van der Waals surface area contributed by atoms with Crippen molar-refractivity contribution in [1.29, 1.82) is 0 Å². The Hall–Kier alpha value is -0.259. The maximum absolute atomic E-state index is 9.75. The summed E-state index contributed by atoms with van der Waals surface area (Å²) < 4.78 is 127. The summed E-state index contributed by atoms with van der Waals surface area (Å²) in [5.41, 5.74) is 0. The van der Waals surface area contributed by atoms with E-state index >= 15 is 0 Å². The number of fused-ring (bicyclic) bond motifs is 1. The summed E-state index contributed by atoms with van der Waals surface area (Å²) in [4.78, 5) is 0. The zero-order valence-corrected chi connectivity index (χ0v) is 19.4. The van der Waals surface area contributed by atoms with Gasteiger partial charge in [0.15, 0.2) is 6.79 Å². The van der Waals surface area contributed by atoms with E-state index in [4.69, 9.17) is 21.1 Å². The van der Waals surface area contributed by atoms with Crippen molar-refractivity contribution in [3.05, 3.63) is 41.4 Å². The van der Waals surface area contributed by atoms with E-state index in [0.29, 0.717) is 5.02 Å². The van der Waals surface area contributed by atoms with Gasteiger partial charge in [0.1, 0.15) is 0 Å². The second-order valence-electron chi connectivity index (χ2n) is 4.57. The Balaban J connectivity index is -0.000000409. The first kappa shape index (κ1) is 35.3. The molecule has 174 valence electrons. The van der Waals surface area contributed by atoms with E-state index in [-0.39, 0.29) is 58.2 Å². The van der Waals surface area contributed by atoms with E-state index in [1.165, 1.54) is 0 Å². The number of hydrogen-bond donors (Lipinski definition) is 0. The topological polar surface area (TPSA) is 18.5 Å². The van der Waals surface area contributed by atoms with Crippen molar-refractivity contribution in [3.8, 4) is 5.75 Å². The minimum absolute atomic E-state index is 0. The third-order valence-corrected chi connectivity index (χ3v) is 2.36. The van der Waals surface area contributed by atoms with E-state index in [2.05, 4.69) is 6.07 Å². The van der Waals surface area contributed by atoms with Crippen LogP contribution >= 0.6 is 11.6 Å². The van der Waals surface area contributed by atoms with Crippen LogP contribution in [0.15, 0.2) is 30.3 Å². The molecule has 0 N–H and O–H groups in total. The molecule has 31 heavy (non-hydrogen) atoms. The number of benzene rings is 2. The van der Waals surface area contributed by atoms with Crippen LogP contribution < -0.4 is 56.1 Å². The van der Waals surface area contributed by atoms with Gasteiger partial charge < -0.3 is 61.3 Å². The molecule has 0 bridgehead atoms. The molecule has 0 saturated heterocycles. The molecule has 0 amide bonds. The third-order valence-electron chi connectivity index (χ3n) is 2.05. The van der Waals surface area contributed by atoms with Crippen molar-refractivity contribution in [2.24, 2.45) is 0 Å². The first-order valence-corrected chi connectivity index (χ1v) is 7.52. The molecule has 19 heteroatoms. The summed E-state index contributed by atoms with van der Waals surface area (Å²) in [6.45, 7) is 0.236. The second-order valence-corrected chi connectivity index (χ2v) is 4.98. The van der Waals surface area contributed by atoms with Crippen LogP contribution in [0.5, 0.6) is 5.75 Å².